The van der Waals surface area contributed by atoms with Crippen molar-refractivity contribution in [3.8, 4) is 0 Å². The minimum atomic E-state index is 2.00. The summed E-state index contributed by atoms with van der Waals surface area (Å²) in [7, 11) is 2.00. The second-order valence-corrected chi connectivity index (χ2v) is 0.962. The molecule has 1 radical (unpaired) electrons. The van der Waals surface area contributed by atoms with Gasteiger partial charge in [-0.2, -0.15) is 0 Å². The summed E-state index contributed by atoms with van der Waals surface area (Å²) in [5.74, 6) is 2.00. The number of rotatable bonds is 0. The Morgan fingerprint density at radius 1 is 1.40 bits per heavy atom. The minimum absolute atomic E-state index is 2.00. The molecule has 0 unspecified atom stereocenters. The summed E-state index contributed by atoms with van der Waals surface area (Å²) in [5.41, 5.74) is 0. The topological polar surface area (TPSA) is 0 Å². The van der Waals surface area contributed by atoms with Crippen molar-refractivity contribution in [3.63, 3.8) is 0 Å². The van der Waals surface area contributed by atoms with E-state index >= 15 is 0 Å². The average molecular weight is 56.3 g/mol. The molecule has 0 aromatic rings. The fraction of sp³-hybridized carbons (Fsp3) is 0. The summed E-state index contributed by atoms with van der Waals surface area (Å²) >= 11 is 0. The van der Waals surface area contributed by atoms with E-state index in [-0.39, 0.29) is 0 Å². The Kier molecular flexibility index (Phi) is 1.02. The third kappa shape index (κ3) is 0.712. The summed E-state index contributed by atoms with van der Waals surface area (Å²) in [6.07, 6.45) is 0. The second-order valence-electron chi connectivity index (χ2n) is 0.962. The molecule has 0 bridgehead atoms. The first-order valence-electron chi connectivity index (χ1n) is 1.67. The van der Waals surface area contributed by atoms with Gasteiger partial charge in [-0.15, -0.1) is 0 Å². The Hall–Kier alpha value is 0.130. The van der Waals surface area contributed by atoms with Crippen molar-refractivity contribution in [2.45, 2.75) is 0 Å². The molecule has 0 spiro atoms. The van der Waals surface area contributed by atoms with Crippen LogP contribution in [0.5, 0.6) is 0 Å². The van der Waals surface area contributed by atoms with E-state index in [1.807, 2.05) is 33.2 Å². The Labute approximate surface area is 34.2 Å². The summed E-state index contributed by atoms with van der Waals surface area (Å²) in [6, 6.07) is 0. The van der Waals surface area contributed by atoms with E-state index in [4.69, 9.17) is 0 Å². The summed E-state index contributed by atoms with van der Waals surface area (Å²) in [4.78, 5) is 0. The zero-order valence-corrected chi connectivity index (χ0v) is 2.89. The average Bonchev–Trinajstić information content (AvgIpc) is 1.76. The Balaban J connectivity index is 2.61. The van der Waals surface area contributed by atoms with Crippen LogP contribution in [0, 0.1) is 0 Å². The van der Waals surface area contributed by atoms with Gasteiger partial charge >= 0.3 is 33.2 Å². The molecule has 0 amide bonds. The van der Waals surface area contributed by atoms with Gasteiger partial charge in [-0.3, -0.25) is 0 Å². The molecule has 1 heterocycles. The van der Waals surface area contributed by atoms with Crippen molar-refractivity contribution in [3.05, 3.63) is 0 Å². The number of hydrogen-bond acceptors (Lipinski definition) is 0. The quantitative estimate of drug-likeness (QED) is 0.291. The molecule has 4 heteroatoms. The first-order valence-corrected chi connectivity index (χ1v) is 1.67. The maximum atomic E-state index is 2.00. The third-order valence-electron chi connectivity index (χ3n) is 0.556. The van der Waals surface area contributed by atoms with Gasteiger partial charge in [-0.05, 0) is 0 Å². The van der Waals surface area contributed by atoms with Crippen LogP contribution in [0.25, 0.3) is 0 Å². The normalized spacial score (nSPS) is 11.2. The predicted octanol–water partition coefficient (Wildman–Crippen LogP) is -1.68. The van der Waals surface area contributed by atoms with Gasteiger partial charge in [-0.25, -0.2) is 0 Å². The summed E-state index contributed by atoms with van der Waals surface area (Å²) in [5, 5.41) is 0. The van der Waals surface area contributed by atoms with Crippen LogP contribution in [0.1, 0.15) is 0 Å². The molecule has 0 saturated heterocycles. The number of hydrogen-bond donors (Lipinski definition) is 0. The molecule has 0 N–H and O–H groups in total. The van der Waals surface area contributed by atoms with Crippen molar-refractivity contribution in [1.29, 1.82) is 0 Å². The van der Waals surface area contributed by atoms with Crippen LogP contribution in [-0.4, -0.2) is 33.2 Å². The molecule has 17 valence electrons. The van der Waals surface area contributed by atoms with Crippen LogP contribution in [0.15, 0.2) is 0 Å². The van der Waals surface area contributed by atoms with E-state index < -0.39 is 0 Å². The molecule has 0 nitrogen and oxygen atoms in total. The second kappa shape index (κ2) is 1.54. The maximum absolute atomic E-state index is 2.00. The molecule has 0 atom stereocenters. The molecule has 0 saturated carbocycles. The van der Waals surface area contributed by atoms with Crippen molar-refractivity contribution < 1.29 is 0 Å². The van der Waals surface area contributed by atoms with Gasteiger partial charge in [0.25, 0.3) is 0 Å². The Bertz CT molecular complexity index is 61.7. The Morgan fingerprint density at radius 2 is 2.40 bits per heavy atom. The van der Waals surface area contributed by atoms with Crippen LogP contribution in [0.2, 0.25) is 0 Å². The van der Waals surface area contributed by atoms with E-state index in [1.165, 1.54) is 0 Å². The van der Waals surface area contributed by atoms with Crippen LogP contribution in [0.3, 0.4) is 0 Å². The van der Waals surface area contributed by atoms with Crippen LogP contribution in [0.4, 0.5) is 0 Å². The zero-order chi connectivity index (χ0) is 3.54. The van der Waals surface area contributed by atoms with Crippen LogP contribution < -0.4 is 0 Å². The fourth-order valence-corrected chi connectivity index (χ4v) is 0.321. The Morgan fingerprint density at radius 3 is 2.60 bits per heavy atom. The molecular formula is CHB4. The monoisotopic (exact) mass is 57.0 g/mol. The SMILES string of the molecule is [B]1B=BC=B1. The van der Waals surface area contributed by atoms with E-state index in [0.717, 1.165) is 0 Å². The van der Waals surface area contributed by atoms with E-state index in [2.05, 4.69) is 0 Å². The van der Waals surface area contributed by atoms with Gasteiger partial charge < -0.3 is 0 Å². The first kappa shape index (κ1) is 3.32. The van der Waals surface area contributed by atoms with Crippen molar-refractivity contribution in [1.82, 2.24) is 0 Å². The molecule has 0 fully saturated rings. The molecule has 0 aromatic heterocycles. The van der Waals surface area contributed by atoms with Crippen LogP contribution >= 0.6 is 0 Å². The molecular weight excluding hydrogens is 55.3 g/mol. The van der Waals surface area contributed by atoms with Gasteiger partial charge in [0.2, 0.25) is 0 Å². The van der Waals surface area contributed by atoms with E-state index in [9.17, 15) is 0 Å². The molecule has 1 aliphatic heterocycles. The van der Waals surface area contributed by atoms with Gasteiger partial charge in [0.05, 0.1) is 0 Å². The van der Waals surface area contributed by atoms with E-state index in [0.29, 0.717) is 0 Å². The van der Waals surface area contributed by atoms with Gasteiger partial charge in [-0.1, -0.05) is 0 Å². The van der Waals surface area contributed by atoms with Gasteiger partial charge in [0.1, 0.15) is 0 Å². The van der Waals surface area contributed by atoms with E-state index in [1.54, 1.807) is 0 Å². The van der Waals surface area contributed by atoms with Gasteiger partial charge in [0, 0.05) is 0 Å². The molecule has 1 aliphatic rings. The van der Waals surface area contributed by atoms with Gasteiger partial charge in [0.15, 0.2) is 0 Å². The summed E-state index contributed by atoms with van der Waals surface area (Å²) in [6.45, 7) is 6.00. The van der Waals surface area contributed by atoms with Crippen molar-refractivity contribution >= 4 is 33.2 Å². The molecule has 0 aliphatic carbocycles. The third-order valence-corrected chi connectivity index (χ3v) is 0.556. The molecule has 0 aromatic carbocycles. The first-order chi connectivity index (χ1) is 2.50. The standard InChI is InChI=1S/CHB4/c1-2-4-5-3-1/h1H. The predicted molar refractivity (Wildman–Crippen MR) is 29.1 cm³/mol. The van der Waals surface area contributed by atoms with Crippen LogP contribution in [-0.2, 0) is 0 Å². The molecule has 1 rings (SSSR count). The van der Waals surface area contributed by atoms with Crippen molar-refractivity contribution in [2.75, 3.05) is 0 Å². The van der Waals surface area contributed by atoms with Crippen molar-refractivity contribution in [2.24, 2.45) is 0 Å². The summed E-state index contributed by atoms with van der Waals surface area (Å²) < 4.78 is 0. The zero-order valence-electron chi connectivity index (χ0n) is 2.89. The fourth-order valence-electron chi connectivity index (χ4n) is 0.321. The molecule has 5 heavy (non-hydrogen) atoms.